The molecule has 10 nitrogen and oxygen atoms in total. The number of aromatic nitrogens is 1. The molecule has 1 aromatic heterocycles. The van der Waals surface area contributed by atoms with Gasteiger partial charge >= 0.3 is 0 Å². The summed E-state index contributed by atoms with van der Waals surface area (Å²) in [5.41, 5.74) is 1.15. The number of hydrogen-bond acceptors (Lipinski definition) is 9. The van der Waals surface area contributed by atoms with E-state index in [4.69, 9.17) is 21.1 Å². The molecule has 13 heteroatoms. The van der Waals surface area contributed by atoms with E-state index >= 15 is 0 Å². The van der Waals surface area contributed by atoms with Crippen LogP contribution in [0.2, 0.25) is 5.02 Å². The van der Waals surface area contributed by atoms with Gasteiger partial charge in [0, 0.05) is 37.8 Å². The van der Waals surface area contributed by atoms with Crippen LogP contribution in [0.25, 0.3) is 10.2 Å². The molecule has 1 aliphatic rings. The molecule has 2 aromatic carbocycles. The maximum Gasteiger partial charge on any atom is 0.293 e. The summed E-state index contributed by atoms with van der Waals surface area (Å²) in [6, 6.07) is 8.07. The SMILES string of the molecule is COc1ccc(Cl)c2sc(N(CCN(C)C)C(=O)c3ccc(N4CCOCC4)c([N+](=O)[O-])c3)nc12.Cl. The van der Waals surface area contributed by atoms with Crippen LogP contribution in [0.4, 0.5) is 16.5 Å². The average Bonchev–Trinajstić information content (AvgIpc) is 3.30. The van der Waals surface area contributed by atoms with Crippen molar-refractivity contribution in [2.45, 2.75) is 0 Å². The first-order valence-electron chi connectivity index (χ1n) is 11.0. The molecule has 3 aromatic rings. The van der Waals surface area contributed by atoms with Gasteiger partial charge in [-0.05, 0) is 38.4 Å². The van der Waals surface area contributed by atoms with Gasteiger partial charge in [-0.3, -0.25) is 19.8 Å². The van der Waals surface area contributed by atoms with E-state index in [9.17, 15) is 14.9 Å². The van der Waals surface area contributed by atoms with Crippen molar-refractivity contribution in [2.75, 3.05) is 70.4 Å². The third-order valence-corrected chi connectivity index (χ3v) is 7.22. The lowest BCUT2D eigenvalue weighted by Gasteiger charge is -2.28. The van der Waals surface area contributed by atoms with Crippen LogP contribution in [0, 0.1) is 10.1 Å². The smallest absolute Gasteiger partial charge is 0.293 e. The second kappa shape index (κ2) is 12.0. The summed E-state index contributed by atoms with van der Waals surface area (Å²) in [6.07, 6.45) is 0. The lowest BCUT2D eigenvalue weighted by molar-refractivity contribution is -0.384. The number of hydrogen-bond donors (Lipinski definition) is 0. The molecule has 0 bridgehead atoms. The number of nitrogens with zero attached hydrogens (tertiary/aromatic N) is 5. The zero-order valence-corrected chi connectivity index (χ0v) is 22.5. The number of halogens is 2. The highest BCUT2D eigenvalue weighted by Crippen LogP contribution is 2.39. The van der Waals surface area contributed by atoms with Crippen LogP contribution in [0.15, 0.2) is 30.3 Å². The fourth-order valence-electron chi connectivity index (χ4n) is 3.84. The van der Waals surface area contributed by atoms with Gasteiger partial charge in [-0.15, -0.1) is 12.4 Å². The maximum absolute atomic E-state index is 13.7. The summed E-state index contributed by atoms with van der Waals surface area (Å²) in [5.74, 6) is 0.176. The molecular weight excluding hydrogens is 529 g/mol. The molecule has 0 radical (unpaired) electrons. The van der Waals surface area contributed by atoms with Crippen LogP contribution in [0.1, 0.15) is 10.4 Å². The Hall–Kier alpha value is -2.70. The van der Waals surface area contributed by atoms with Gasteiger partial charge < -0.3 is 19.3 Å². The predicted molar refractivity (Wildman–Crippen MR) is 145 cm³/mol. The summed E-state index contributed by atoms with van der Waals surface area (Å²) >= 11 is 7.67. The van der Waals surface area contributed by atoms with Gasteiger partial charge in [-0.25, -0.2) is 4.98 Å². The molecule has 0 aliphatic carbocycles. The number of rotatable bonds is 8. The molecular formula is C23H27Cl2N5O5S. The average molecular weight is 556 g/mol. The van der Waals surface area contributed by atoms with E-state index in [2.05, 4.69) is 4.98 Å². The van der Waals surface area contributed by atoms with Crippen LogP contribution in [0.5, 0.6) is 5.75 Å². The van der Waals surface area contributed by atoms with E-state index in [1.165, 1.54) is 22.3 Å². The highest BCUT2D eigenvalue weighted by Gasteiger charge is 2.27. The monoisotopic (exact) mass is 555 g/mol. The van der Waals surface area contributed by atoms with Gasteiger partial charge in [-0.2, -0.15) is 0 Å². The number of fused-ring (bicyclic) bond motifs is 1. The van der Waals surface area contributed by atoms with E-state index in [1.54, 1.807) is 31.4 Å². The highest BCUT2D eigenvalue weighted by molar-refractivity contribution is 7.23. The van der Waals surface area contributed by atoms with E-state index in [-0.39, 0.29) is 29.6 Å². The molecule has 36 heavy (non-hydrogen) atoms. The number of nitro benzene ring substituents is 1. The normalized spacial score (nSPS) is 13.5. The Bertz CT molecular complexity index is 1250. The summed E-state index contributed by atoms with van der Waals surface area (Å²) in [6.45, 7) is 3.01. The minimum atomic E-state index is -0.450. The van der Waals surface area contributed by atoms with Crippen molar-refractivity contribution in [1.82, 2.24) is 9.88 Å². The summed E-state index contributed by atoms with van der Waals surface area (Å²) in [5, 5.41) is 12.8. The minimum absolute atomic E-state index is 0. The van der Waals surface area contributed by atoms with Crippen LogP contribution >= 0.6 is 35.3 Å². The number of amides is 1. The van der Waals surface area contributed by atoms with Crippen LogP contribution in [-0.2, 0) is 4.74 Å². The number of methoxy groups -OCH3 is 1. The van der Waals surface area contributed by atoms with Crippen molar-refractivity contribution in [3.63, 3.8) is 0 Å². The molecule has 4 rings (SSSR count). The molecule has 1 fully saturated rings. The molecule has 0 spiro atoms. The van der Waals surface area contributed by atoms with Crippen molar-refractivity contribution in [3.05, 3.63) is 51.0 Å². The van der Waals surface area contributed by atoms with Crippen molar-refractivity contribution in [2.24, 2.45) is 0 Å². The number of anilines is 2. The Labute approximate surface area is 223 Å². The summed E-state index contributed by atoms with van der Waals surface area (Å²) in [7, 11) is 5.36. The van der Waals surface area contributed by atoms with Gasteiger partial charge in [0.15, 0.2) is 5.13 Å². The zero-order valence-electron chi connectivity index (χ0n) is 20.1. The largest absolute Gasteiger partial charge is 0.494 e. The molecule has 0 unspecified atom stereocenters. The zero-order chi connectivity index (χ0) is 25.1. The predicted octanol–water partition coefficient (Wildman–Crippen LogP) is 4.33. The van der Waals surface area contributed by atoms with E-state index in [0.717, 1.165) is 0 Å². The number of morpholine rings is 1. The quantitative estimate of drug-likeness (QED) is 0.299. The van der Waals surface area contributed by atoms with Gasteiger partial charge in [0.2, 0.25) is 0 Å². The first kappa shape index (κ1) is 27.9. The summed E-state index contributed by atoms with van der Waals surface area (Å²) < 4.78 is 11.5. The fourth-order valence-corrected chi connectivity index (χ4v) is 5.12. The molecule has 0 N–H and O–H groups in total. The number of carbonyl (C=O) groups excluding carboxylic acids is 1. The van der Waals surface area contributed by atoms with Gasteiger partial charge in [0.1, 0.15) is 17.0 Å². The number of likely N-dealkylation sites (N-methyl/N-ethyl adjacent to an activating group) is 1. The minimum Gasteiger partial charge on any atom is -0.494 e. The Morgan fingerprint density at radius 3 is 2.61 bits per heavy atom. The van der Waals surface area contributed by atoms with Crippen molar-refractivity contribution in [1.29, 1.82) is 0 Å². The second-order valence-electron chi connectivity index (χ2n) is 8.24. The second-order valence-corrected chi connectivity index (χ2v) is 9.63. The number of benzene rings is 2. The molecule has 1 saturated heterocycles. The highest BCUT2D eigenvalue weighted by atomic mass is 35.5. The standard InChI is InChI=1S/C23H26ClN5O5S.ClH/c1-26(2)8-9-28(23-25-20-19(33-3)7-5-16(24)21(20)35-23)22(30)15-4-6-17(18(14-15)29(31)32)27-10-12-34-13-11-27;/h4-7,14H,8-13H2,1-3H3;1H. The molecule has 1 aliphatic heterocycles. The summed E-state index contributed by atoms with van der Waals surface area (Å²) in [4.78, 5) is 35.2. The molecule has 1 amide bonds. The van der Waals surface area contributed by atoms with E-state index in [0.29, 0.717) is 71.2 Å². The van der Waals surface area contributed by atoms with Crippen molar-refractivity contribution in [3.8, 4) is 5.75 Å². The maximum atomic E-state index is 13.7. The lowest BCUT2D eigenvalue weighted by Crippen LogP contribution is -2.37. The first-order valence-corrected chi connectivity index (χ1v) is 12.2. The van der Waals surface area contributed by atoms with Gasteiger partial charge in [0.25, 0.3) is 11.6 Å². The van der Waals surface area contributed by atoms with E-state index in [1.807, 2.05) is 23.9 Å². The topological polar surface area (TPSA) is 101 Å². The molecule has 0 saturated carbocycles. The lowest BCUT2D eigenvalue weighted by atomic mass is 10.1. The number of ether oxygens (including phenoxy) is 2. The van der Waals surface area contributed by atoms with Crippen LogP contribution in [0.3, 0.4) is 0 Å². The number of thiazole rings is 1. The third-order valence-electron chi connectivity index (χ3n) is 5.68. The van der Waals surface area contributed by atoms with Gasteiger partial charge in [-0.1, -0.05) is 22.9 Å². The number of nitro groups is 1. The Kier molecular flexibility index (Phi) is 9.31. The van der Waals surface area contributed by atoms with Gasteiger partial charge in [0.05, 0.1) is 35.0 Å². The first-order chi connectivity index (χ1) is 16.8. The molecule has 194 valence electrons. The fraction of sp³-hybridized carbons (Fsp3) is 0.391. The Morgan fingerprint density at radius 2 is 1.97 bits per heavy atom. The van der Waals surface area contributed by atoms with Crippen molar-refractivity contribution < 1.29 is 19.2 Å². The molecule has 0 atom stereocenters. The van der Waals surface area contributed by atoms with Crippen LogP contribution in [-0.4, -0.2) is 81.3 Å². The van der Waals surface area contributed by atoms with Crippen molar-refractivity contribution >= 4 is 68.0 Å². The Balaban J connectivity index is 0.00000361. The Morgan fingerprint density at radius 1 is 1.25 bits per heavy atom. The molecule has 2 heterocycles. The third kappa shape index (κ3) is 5.81. The number of carbonyl (C=O) groups is 1. The van der Waals surface area contributed by atoms with Crippen LogP contribution < -0.4 is 14.5 Å². The van der Waals surface area contributed by atoms with E-state index < -0.39 is 4.92 Å².